The molecule has 0 unspecified atom stereocenters. The van der Waals surface area contributed by atoms with Gasteiger partial charge in [0.15, 0.2) is 0 Å². The first-order chi connectivity index (χ1) is 7.41. The highest BCUT2D eigenvalue weighted by Crippen LogP contribution is 2.05. The molecule has 0 fully saturated rings. The van der Waals surface area contributed by atoms with E-state index in [1.165, 1.54) is 38.5 Å². The average Bonchev–Trinajstić information content (AvgIpc) is 2.26. The van der Waals surface area contributed by atoms with Crippen LogP contribution in [-0.2, 0) is 0 Å². The number of hydrogen-bond acceptors (Lipinski definition) is 1. The molecule has 0 aliphatic rings. The zero-order valence-corrected chi connectivity index (χ0v) is 9.91. The molecule has 0 aliphatic heterocycles. The van der Waals surface area contributed by atoms with Gasteiger partial charge in [0, 0.05) is 6.08 Å². The van der Waals surface area contributed by atoms with Crippen LogP contribution < -0.4 is 0 Å². The maximum atomic E-state index is 8.25. The van der Waals surface area contributed by atoms with E-state index in [1.807, 2.05) is 12.1 Å². The number of nitriles is 1. The summed E-state index contributed by atoms with van der Waals surface area (Å²) in [5, 5.41) is 8.25. The third-order valence-corrected chi connectivity index (χ3v) is 2.33. The van der Waals surface area contributed by atoms with Gasteiger partial charge in [0.05, 0.1) is 6.07 Å². The van der Waals surface area contributed by atoms with Gasteiger partial charge in [0.25, 0.3) is 0 Å². The van der Waals surface area contributed by atoms with Crippen molar-refractivity contribution in [1.82, 2.24) is 0 Å². The van der Waals surface area contributed by atoms with Gasteiger partial charge >= 0.3 is 0 Å². The van der Waals surface area contributed by atoms with Crippen LogP contribution in [0.3, 0.4) is 0 Å². The molecule has 0 spiro atoms. The van der Waals surface area contributed by atoms with Crippen LogP contribution in [0.5, 0.6) is 0 Å². The van der Waals surface area contributed by atoms with E-state index < -0.39 is 0 Å². The van der Waals surface area contributed by atoms with Gasteiger partial charge in [0.1, 0.15) is 0 Å². The van der Waals surface area contributed by atoms with Crippen molar-refractivity contribution in [3.05, 3.63) is 24.3 Å². The van der Waals surface area contributed by atoms with Gasteiger partial charge in [-0.15, -0.1) is 0 Å². The molecule has 0 bridgehead atoms. The lowest BCUT2D eigenvalue weighted by molar-refractivity contribution is 0.637. The summed E-state index contributed by atoms with van der Waals surface area (Å²) in [4.78, 5) is 0. The van der Waals surface area contributed by atoms with Crippen LogP contribution in [0.2, 0.25) is 0 Å². The highest BCUT2D eigenvalue weighted by Gasteiger charge is 1.86. The van der Waals surface area contributed by atoms with Crippen LogP contribution in [0, 0.1) is 11.3 Å². The molecule has 15 heavy (non-hydrogen) atoms. The van der Waals surface area contributed by atoms with Crippen LogP contribution in [0.25, 0.3) is 0 Å². The molecule has 0 heterocycles. The number of nitrogens with zero attached hydrogens (tertiary/aromatic N) is 1. The first-order valence-corrected chi connectivity index (χ1v) is 6.11. The van der Waals surface area contributed by atoms with E-state index in [0.29, 0.717) is 0 Å². The molecule has 0 rings (SSSR count). The van der Waals surface area contributed by atoms with E-state index in [-0.39, 0.29) is 0 Å². The Hall–Kier alpha value is -1.03. The first-order valence-electron chi connectivity index (χ1n) is 6.11. The van der Waals surface area contributed by atoms with Crippen molar-refractivity contribution in [3.63, 3.8) is 0 Å². The van der Waals surface area contributed by atoms with Crippen molar-refractivity contribution < 1.29 is 0 Å². The van der Waals surface area contributed by atoms with Crippen molar-refractivity contribution in [2.75, 3.05) is 0 Å². The predicted molar refractivity (Wildman–Crippen MR) is 66.5 cm³/mol. The van der Waals surface area contributed by atoms with Gasteiger partial charge in [-0.3, -0.25) is 0 Å². The molecule has 0 aliphatic carbocycles. The minimum atomic E-state index is 0.986. The number of hydrogen-bond donors (Lipinski definition) is 0. The Bertz CT molecular complexity index is 208. The van der Waals surface area contributed by atoms with Crippen molar-refractivity contribution in [1.29, 1.82) is 5.26 Å². The molecule has 1 heteroatoms. The van der Waals surface area contributed by atoms with E-state index in [9.17, 15) is 0 Å². The average molecular weight is 205 g/mol. The number of allylic oxidation sites excluding steroid dienone is 4. The fourth-order valence-electron chi connectivity index (χ4n) is 1.43. The Labute approximate surface area is 94.5 Å². The normalized spacial score (nSPS) is 11.2. The highest BCUT2D eigenvalue weighted by molar-refractivity contribution is 5.02. The van der Waals surface area contributed by atoms with Crippen molar-refractivity contribution >= 4 is 0 Å². The maximum absolute atomic E-state index is 8.25. The Balaban J connectivity index is 3.11. The molecule has 0 atom stereocenters. The molecular formula is C14H23N. The molecule has 84 valence electrons. The molecule has 0 aromatic heterocycles. The van der Waals surface area contributed by atoms with Gasteiger partial charge in [-0.25, -0.2) is 0 Å². The minimum absolute atomic E-state index is 0.986. The summed E-state index contributed by atoms with van der Waals surface area (Å²) in [6, 6.07) is 1.99. The molecule has 0 aromatic carbocycles. The molecule has 0 radical (unpaired) electrons. The smallest absolute Gasteiger partial charge is 0.0908 e. The summed E-state index contributed by atoms with van der Waals surface area (Å²) in [5.74, 6) is 0. The standard InChI is InChI=1S/C14H23N/c1-2-3-4-5-6-7-8-9-10-11-12-13-14-15/h8-9,12-13H,2-7,10-11H2,1H3/b9-8+,13-12+. The van der Waals surface area contributed by atoms with Crippen LogP contribution >= 0.6 is 0 Å². The lowest BCUT2D eigenvalue weighted by atomic mass is 10.1. The van der Waals surface area contributed by atoms with Crippen molar-refractivity contribution in [2.24, 2.45) is 0 Å². The predicted octanol–water partition coefficient (Wildman–Crippen LogP) is 4.76. The van der Waals surface area contributed by atoms with E-state index in [0.717, 1.165) is 12.8 Å². The monoisotopic (exact) mass is 205 g/mol. The van der Waals surface area contributed by atoms with Gasteiger partial charge < -0.3 is 0 Å². The lowest BCUT2D eigenvalue weighted by Gasteiger charge is -1.95. The summed E-state index contributed by atoms with van der Waals surface area (Å²) >= 11 is 0. The largest absolute Gasteiger partial charge is 0.193 e. The van der Waals surface area contributed by atoms with Crippen LogP contribution in [0.15, 0.2) is 24.3 Å². The van der Waals surface area contributed by atoms with E-state index in [1.54, 1.807) is 6.08 Å². The molecule has 0 saturated carbocycles. The van der Waals surface area contributed by atoms with Crippen LogP contribution in [0.4, 0.5) is 0 Å². The molecule has 0 aromatic rings. The second-order valence-corrected chi connectivity index (χ2v) is 3.78. The zero-order chi connectivity index (χ0) is 11.2. The van der Waals surface area contributed by atoms with Gasteiger partial charge in [-0.2, -0.15) is 5.26 Å². The van der Waals surface area contributed by atoms with Crippen molar-refractivity contribution in [2.45, 2.75) is 58.3 Å². The van der Waals surface area contributed by atoms with Gasteiger partial charge in [0.2, 0.25) is 0 Å². The maximum Gasteiger partial charge on any atom is 0.0908 e. The molecular weight excluding hydrogens is 182 g/mol. The second kappa shape index (κ2) is 13.0. The summed E-state index contributed by atoms with van der Waals surface area (Å²) in [5.41, 5.74) is 0. The lowest BCUT2D eigenvalue weighted by Crippen LogP contribution is -1.75. The summed E-state index contributed by atoms with van der Waals surface area (Å²) in [7, 11) is 0. The second-order valence-electron chi connectivity index (χ2n) is 3.78. The highest BCUT2D eigenvalue weighted by atomic mass is 14.2. The number of rotatable bonds is 9. The third kappa shape index (κ3) is 13.0. The third-order valence-electron chi connectivity index (χ3n) is 2.33. The molecule has 0 N–H and O–H groups in total. The van der Waals surface area contributed by atoms with Gasteiger partial charge in [-0.05, 0) is 25.7 Å². The summed E-state index contributed by atoms with van der Waals surface area (Å²) < 4.78 is 0. The summed E-state index contributed by atoms with van der Waals surface area (Å²) in [6.45, 7) is 2.24. The van der Waals surface area contributed by atoms with E-state index in [2.05, 4.69) is 19.1 Å². The Kier molecular flexibility index (Phi) is 12.1. The summed E-state index contributed by atoms with van der Waals surface area (Å²) in [6.07, 6.45) is 18.0. The SMILES string of the molecule is CCCCCCC/C=C/CC/C=C/C#N. The first kappa shape index (κ1) is 14.0. The molecule has 0 saturated heterocycles. The topological polar surface area (TPSA) is 23.8 Å². The number of unbranched alkanes of at least 4 members (excludes halogenated alkanes) is 6. The fraction of sp³-hybridized carbons (Fsp3) is 0.643. The van der Waals surface area contributed by atoms with Gasteiger partial charge in [-0.1, -0.05) is 50.8 Å². The quantitative estimate of drug-likeness (QED) is 0.302. The minimum Gasteiger partial charge on any atom is -0.193 e. The van der Waals surface area contributed by atoms with Crippen LogP contribution in [-0.4, -0.2) is 0 Å². The van der Waals surface area contributed by atoms with Crippen molar-refractivity contribution in [3.8, 4) is 6.07 Å². The molecule has 1 nitrogen and oxygen atoms in total. The Morgan fingerprint density at radius 3 is 2.27 bits per heavy atom. The Morgan fingerprint density at radius 1 is 0.867 bits per heavy atom. The van der Waals surface area contributed by atoms with E-state index >= 15 is 0 Å². The Morgan fingerprint density at radius 2 is 1.53 bits per heavy atom. The van der Waals surface area contributed by atoms with Crippen LogP contribution in [0.1, 0.15) is 58.3 Å². The molecule has 0 amide bonds. The zero-order valence-electron chi connectivity index (χ0n) is 9.91. The van der Waals surface area contributed by atoms with E-state index in [4.69, 9.17) is 5.26 Å². The fourth-order valence-corrected chi connectivity index (χ4v) is 1.43.